The zero-order chi connectivity index (χ0) is 18.4. The van der Waals surface area contributed by atoms with Crippen LogP contribution in [0.25, 0.3) is 0 Å². The molecule has 0 unspecified atom stereocenters. The Kier molecular flexibility index (Phi) is 5.24. The molecule has 6 heteroatoms. The number of carbonyl (C=O) groups excluding carboxylic acids is 3. The van der Waals surface area contributed by atoms with Gasteiger partial charge in [0.2, 0.25) is 0 Å². The van der Waals surface area contributed by atoms with Gasteiger partial charge in [-0.05, 0) is 18.2 Å². The Morgan fingerprint density at radius 3 is 2.35 bits per heavy atom. The first-order valence-electron chi connectivity index (χ1n) is 7.83. The van der Waals surface area contributed by atoms with Crippen molar-refractivity contribution in [2.75, 3.05) is 11.9 Å². The molecule has 0 radical (unpaired) electrons. The number of ketones is 1. The first kappa shape index (κ1) is 17.2. The number of para-hydroxylation sites is 1. The molecule has 0 fully saturated rings. The number of carbonyl (C=O) groups is 3. The lowest BCUT2D eigenvalue weighted by atomic mass is 10.0. The number of hydrogen-bond acceptors (Lipinski definition) is 5. The number of rotatable bonds is 6. The highest BCUT2D eigenvalue weighted by Crippen LogP contribution is 2.19. The number of ether oxygens (including phenoxy) is 1. The van der Waals surface area contributed by atoms with Crippen LogP contribution in [0.2, 0.25) is 0 Å². The zero-order valence-electron chi connectivity index (χ0n) is 13.7. The van der Waals surface area contributed by atoms with Crippen molar-refractivity contribution in [2.24, 2.45) is 0 Å². The van der Waals surface area contributed by atoms with Gasteiger partial charge < -0.3 is 14.5 Å². The van der Waals surface area contributed by atoms with E-state index in [2.05, 4.69) is 5.32 Å². The molecular formula is C20H15NO5. The molecule has 0 aliphatic rings. The molecule has 1 heterocycles. The third-order valence-electron chi connectivity index (χ3n) is 3.57. The van der Waals surface area contributed by atoms with E-state index < -0.39 is 18.5 Å². The Morgan fingerprint density at radius 1 is 0.885 bits per heavy atom. The Hall–Kier alpha value is -3.67. The van der Waals surface area contributed by atoms with Crippen molar-refractivity contribution in [1.29, 1.82) is 0 Å². The summed E-state index contributed by atoms with van der Waals surface area (Å²) in [5.41, 5.74) is 1.44. The third kappa shape index (κ3) is 4.05. The van der Waals surface area contributed by atoms with Gasteiger partial charge in [0.1, 0.15) is 6.26 Å². The van der Waals surface area contributed by atoms with Gasteiger partial charge in [-0.2, -0.15) is 0 Å². The summed E-state index contributed by atoms with van der Waals surface area (Å²) >= 11 is 0. The molecular weight excluding hydrogens is 334 g/mol. The molecule has 0 saturated carbocycles. The van der Waals surface area contributed by atoms with Crippen LogP contribution in [0.3, 0.4) is 0 Å². The van der Waals surface area contributed by atoms with Crippen LogP contribution in [-0.2, 0) is 9.53 Å². The zero-order valence-corrected chi connectivity index (χ0v) is 13.7. The summed E-state index contributed by atoms with van der Waals surface area (Å²) in [5, 5.41) is 2.60. The minimum atomic E-state index is -0.664. The largest absolute Gasteiger partial charge is 0.472 e. The van der Waals surface area contributed by atoms with E-state index in [0.29, 0.717) is 16.8 Å². The molecule has 6 nitrogen and oxygen atoms in total. The number of benzene rings is 2. The fraction of sp³-hybridized carbons (Fsp3) is 0.0500. The monoisotopic (exact) mass is 349 g/mol. The second kappa shape index (κ2) is 7.94. The number of nitrogens with one attached hydrogen (secondary N) is 1. The molecule has 3 aromatic rings. The Morgan fingerprint density at radius 2 is 1.62 bits per heavy atom. The molecule has 0 aliphatic carbocycles. The molecule has 0 atom stereocenters. The van der Waals surface area contributed by atoms with Crippen molar-refractivity contribution >= 4 is 23.3 Å². The maximum atomic E-state index is 12.6. The maximum Gasteiger partial charge on any atom is 0.341 e. The van der Waals surface area contributed by atoms with Crippen molar-refractivity contribution in [3.63, 3.8) is 0 Å². The van der Waals surface area contributed by atoms with Gasteiger partial charge in [0.15, 0.2) is 12.4 Å². The normalized spacial score (nSPS) is 10.2. The van der Waals surface area contributed by atoms with Crippen molar-refractivity contribution in [1.82, 2.24) is 0 Å². The van der Waals surface area contributed by atoms with Gasteiger partial charge >= 0.3 is 5.97 Å². The van der Waals surface area contributed by atoms with E-state index in [4.69, 9.17) is 9.15 Å². The van der Waals surface area contributed by atoms with Gasteiger partial charge in [0.05, 0.1) is 17.5 Å². The van der Waals surface area contributed by atoms with E-state index in [9.17, 15) is 14.4 Å². The average molecular weight is 349 g/mol. The van der Waals surface area contributed by atoms with Gasteiger partial charge in [0, 0.05) is 11.1 Å². The van der Waals surface area contributed by atoms with Crippen molar-refractivity contribution in [3.8, 4) is 0 Å². The molecule has 0 saturated heterocycles. The summed E-state index contributed by atoms with van der Waals surface area (Å²) in [6.07, 6.45) is 2.57. The predicted molar refractivity (Wildman–Crippen MR) is 93.9 cm³/mol. The van der Waals surface area contributed by atoms with Gasteiger partial charge in [-0.15, -0.1) is 0 Å². The Bertz CT molecular complexity index is 916. The lowest BCUT2D eigenvalue weighted by Crippen LogP contribution is -2.22. The van der Waals surface area contributed by atoms with Crippen molar-refractivity contribution in [2.45, 2.75) is 0 Å². The van der Waals surface area contributed by atoms with E-state index in [-0.39, 0.29) is 11.3 Å². The summed E-state index contributed by atoms with van der Waals surface area (Å²) < 4.78 is 9.69. The van der Waals surface area contributed by atoms with Crippen molar-refractivity contribution < 1.29 is 23.5 Å². The quantitative estimate of drug-likeness (QED) is 0.545. The third-order valence-corrected chi connectivity index (χ3v) is 3.57. The van der Waals surface area contributed by atoms with Gasteiger partial charge in [0.25, 0.3) is 5.91 Å². The summed E-state index contributed by atoms with van der Waals surface area (Å²) in [6.45, 7) is -0.474. The van der Waals surface area contributed by atoms with E-state index in [0.717, 1.165) is 0 Å². The number of esters is 1. The number of anilines is 1. The molecule has 1 N–H and O–H groups in total. The van der Waals surface area contributed by atoms with Crippen LogP contribution in [0.1, 0.15) is 26.3 Å². The first-order valence-corrected chi connectivity index (χ1v) is 7.83. The fourth-order valence-corrected chi connectivity index (χ4v) is 2.32. The molecule has 2 aromatic carbocycles. The lowest BCUT2D eigenvalue weighted by molar-refractivity contribution is -0.119. The lowest BCUT2D eigenvalue weighted by Gasteiger charge is -2.10. The second-order valence-corrected chi connectivity index (χ2v) is 5.38. The summed E-state index contributed by atoms with van der Waals surface area (Å²) in [4.78, 5) is 36.4. The summed E-state index contributed by atoms with van der Waals surface area (Å²) in [6, 6.07) is 16.9. The number of hydrogen-bond donors (Lipinski definition) is 1. The van der Waals surface area contributed by atoms with Gasteiger partial charge in [-0.1, -0.05) is 42.5 Å². The molecule has 1 amide bonds. The van der Waals surface area contributed by atoms with Crippen molar-refractivity contribution in [3.05, 3.63) is 89.9 Å². The van der Waals surface area contributed by atoms with Crippen LogP contribution < -0.4 is 5.32 Å². The molecule has 3 rings (SSSR count). The SMILES string of the molecule is O=C(COC(=O)c1ccoc1)Nc1ccccc1C(=O)c1ccccc1. The van der Waals surface area contributed by atoms with Crippen LogP contribution in [0, 0.1) is 0 Å². The van der Waals surface area contributed by atoms with E-state index in [1.54, 1.807) is 48.5 Å². The summed E-state index contributed by atoms with van der Waals surface area (Å²) in [7, 11) is 0. The summed E-state index contributed by atoms with van der Waals surface area (Å²) in [5.74, 6) is -1.42. The number of furan rings is 1. The Labute approximate surface area is 149 Å². The van der Waals surface area contributed by atoms with Gasteiger partial charge in [-0.25, -0.2) is 4.79 Å². The molecule has 26 heavy (non-hydrogen) atoms. The molecule has 0 bridgehead atoms. The Balaban J connectivity index is 1.67. The fourth-order valence-electron chi connectivity index (χ4n) is 2.32. The average Bonchev–Trinajstić information content (AvgIpc) is 3.21. The van der Waals surface area contributed by atoms with E-state index in [1.165, 1.54) is 18.6 Å². The molecule has 130 valence electrons. The minimum absolute atomic E-state index is 0.211. The predicted octanol–water partition coefficient (Wildman–Crippen LogP) is 3.31. The van der Waals surface area contributed by atoms with Gasteiger partial charge in [-0.3, -0.25) is 9.59 Å². The standard InChI is InChI=1S/C20H15NO5/c22-18(13-26-20(24)15-10-11-25-12-15)21-17-9-5-4-8-16(17)19(23)14-6-2-1-3-7-14/h1-12H,13H2,(H,21,22). The van der Waals surface area contributed by atoms with Crippen LogP contribution in [0.4, 0.5) is 5.69 Å². The maximum absolute atomic E-state index is 12.6. The number of amides is 1. The van der Waals surface area contributed by atoms with E-state index in [1.807, 2.05) is 6.07 Å². The first-order chi connectivity index (χ1) is 12.6. The van der Waals surface area contributed by atoms with Crippen LogP contribution in [-0.4, -0.2) is 24.3 Å². The molecule has 1 aromatic heterocycles. The van der Waals surface area contributed by atoms with Crippen LogP contribution in [0.15, 0.2) is 77.6 Å². The highest BCUT2D eigenvalue weighted by atomic mass is 16.5. The smallest absolute Gasteiger partial charge is 0.341 e. The van der Waals surface area contributed by atoms with Crippen LogP contribution >= 0.6 is 0 Å². The minimum Gasteiger partial charge on any atom is -0.472 e. The van der Waals surface area contributed by atoms with E-state index >= 15 is 0 Å². The van der Waals surface area contributed by atoms with Crippen LogP contribution in [0.5, 0.6) is 0 Å². The molecule has 0 aliphatic heterocycles. The second-order valence-electron chi connectivity index (χ2n) is 5.38. The topological polar surface area (TPSA) is 85.6 Å². The molecule has 0 spiro atoms. The highest BCUT2D eigenvalue weighted by Gasteiger charge is 2.16. The highest BCUT2D eigenvalue weighted by molar-refractivity contribution is 6.13.